The van der Waals surface area contributed by atoms with Crippen LogP contribution >= 0.6 is 0 Å². The lowest BCUT2D eigenvalue weighted by Gasteiger charge is -2.19. The Bertz CT molecular complexity index is 292. The van der Waals surface area contributed by atoms with E-state index >= 15 is 0 Å². The summed E-state index contributed by atoms with van der Waals surface area (Å²) in [5.74, 6) is 0. The molecule has 0 amide bonds. The fourth-order valence-electron chi connectivity index (χ4n) is 1.00. The first kappa shape index (κ1) is 11.1. The maximum Gasteiger partial charge on any atom is 0.0853 e. The largest absolute Gasteiger partial charge is 0.390 e. The van der Waals surface area contributed by atoms with Crippen LogP contribution in [0.3, 0.4) is 0 Å². The maximum atomic E-state index is 8.89. The van der Waals surface area contributed by atoms with E-state index in [1.165, 1.54) is 0 Å². The molecule has 78 valence electrons. The van der Waals surface area contributed by atoms with Gasteiger partial charge in [0, 0.05) is 6.20 Å². The molecule has 3 nitrogen and oxygen atoms in total. The number of ether oxygens (including phenoxy) is 1. The monoisotopic (exact) mass is 195 g/mol. The Kier molecular flexibility index (Phi) is 3.61. The van der Waals surface area contributed by atoms with E-state index in [1.54, 1.807) is 6.20 Å². The fraction of sp³-hybridized carbons (Fsp3) is 0.545. The molecule has 14 heavy (non-hydrogen) atoms. The first-order valence-electron chi connectivity index (χ1n) is 4.70. The van der Waals surface area contributed by atoms with Crippen molar-refractivity contribution in [3.63, 3.8) is 0 Å². The number of hydrogen-bond acceptors (Lipinski definition) is 3. The highest BCUT2D eigenvalue weighted by atomic mass is 16.5. The number of hydrogen-bond donors (Lipinski definition) is 1. The molecule has 0 aromatic carbocycles. The van der Waals surface area contributed by atoms with Crippen LogP contribution in [0.5, 0.6) is 0 Å². The van der Waals surface area contributed by atoms with Gasteiger partial charge in [-0.05, 0) is 38.5 Å². The highest BCUT2D eigenvalue weighted by molar-refractivity contribution is 5.14. The van der Waals surface area contributed by atoms with Gasteiger partial charge in [0.15, 0.2) is 0 Å². The molecule has 1 aromatic rings. The van der Waals surface area contributed by atoms with E-state index in [2.05, 4.69) is 4.98 Å². The average molecular weight is 195 g/mol. The normalized spacial score (nSPS) is 11.7. The van der Waals surface area contributed by atoms with Crippen LogP contribution in [0.2, 0.25) is 0 Å². The van der Waals surface area contributed by atoms with Crippen LogP contribution in [0.25, 0.3) is 0 Å². The van der Waals surface area contributed by atoms with Crippen molar-refractivity contribution < 1.29 is 9.84 Å². The van der Waals surface area contributed by atoms with Crippen LogP contribution < -0.4 is 0 Å². The van der Waals surface area contributed by atoms with Crippen molar-refractivity contribution >= 4 is 0 Å². The second kappa shape index (κ2) is 4.53. The lowest BCUT2D eigenvalue weighted by molar-refractivity contribution is -0.0150. The fourth-order valence-corrected chi connectivity index (χ4v) is 1.00. The third-order valence-electron chi connectivity index (χ3n) is 1.71. The summed E-state index contributed by atoms with van der Waals surface area (Å²) in [6.45, 7) is 6.58. The van der Waals surface area contributed by atoms with Crippen molar-refractivity contribution in [1.82, 2.24) is 4.98 Å². The van der Waals surface area contributed by atoms with Gasteiger partial charge in [-0.3, -0.25) is 4.98 Å². The Labute approximate surface area is 84.7 Å². The Morgan fingerprint density at radius 3 is 2.71 bits per heavy atom. The van der Waals surface area contributed by atoms with Crippen molar-refractivity contribution in [2.45, 2.75) is 39.6 Å². The minimum atomic E-state index is -0.136. The summed E-state index contributed by atoms with van der Waals surface area (Å²) in [5, 5.41) is 8.89. The second-order valence-corrected chi connectivity index (χ2v) is 4.21. The SMILES string of the molecule is CC(C)(C)OCc1ccnc(CO)c1. The molecule has 0 aliphatic rings. The summed E-state index contributed by atoms with van der Waals surface area (Å²) in [7, 11) is 0. The molecule has 1 N–H and O–H groups in total. The lowest BCUT2D eigenvalue weighted by atomic mass is 10.2. The number of pyridine rings is 1. The zero-order valence-corrected chi connectivity index (χ0v) is 8.95. The van der Waals surface area contributed by atoms with Crippen LogP contribution in [0, 0.1) is 0 Å². The molecule has 0 fully saturated rings. The molecule has 0 saturated carbocycles. The predicted octanol–water partition coefficient (Wildman–Crippen LogP) is 1.89. The number of aliphatic hydroxyl groups is 1. The molecule has 1 aromatic heterocycles. The average Bonchev–Trinajstić information content (AvgIpc) is 2.14. The van der Waals surface area contributed by atoms with Crippen LogP contribution in [0.1, 0.15) is 32.0 Å². The molecule has 1 heterocycles. The Morgan fingerprint density at radius 1 is 1.43 bits per heavy atom. The molecule has 3 heteroatoms. The van der Waals surface area contributed by atoms with E-state index in [4.69, 9.17) is 9.84 Å². The molecular weight excluding hydrogens is 178 g/mol. The molecule has 0 spiro atoms. The van der Waals surface area contributed by atoms with E-state index in [-0.39, 0.29) is 12.2 Å². The van der Waals surface area contributed by atoms with Gasteiger partial charge in [-0.1, -0.05) is 0 Å². The molecule has 0 atom stereocenters. The van der Waals surface area contributed by atoms with Crippen molar-refractivity contribution in [2.75, 3.05) is 0 Å². The highest BCUT2D eigenvalue weighted by Gasteiger charge is 2.09. The smallest absolute Gasteiger partial charge is 0.0853 e. The van der Waals surface area contributed by atoms with Gasteiger partial charge in [0.05, 0.1) is 24.5 Å². The van der Waals surface area contributed by atoms with Crippen molar-refractivity contribution in [1.29, 1.82) is 0 Å². The third kappa shape index (κ3) is 3.85. The summed E-state index contributed by atoms with van der Waals surface area (Å²) in [5.41, 5.74) is 1.59. The standard InChI is InChI=1S/C11H17NO2/c1-11(2,3)14-8-9-4-5-12-10(6-9)7-13/h4-6,13H,7-8H2,1-3H3. The highest BCUT2D eigenvalue weighted by Crippen LogP contribution is 2.11. The van der Waals surface area contributed by atoms with E-state index in [0.717, 1.165) is 5.56 Å². The zero-order chi connectivity index (χ0) is 10.6. The van der Waals surface area contributed by atoms with Gasteiger partial charge < -0.3 is 9.84 Å². The quantitative estimate of drug-likeness (QED) is 0.800. The summed E-state index contributed by atoms with van der Waals surface area (Å²) in [6.07, 6.45) is 1.69. The minimum absolute atomic E-state index is 0.0244. The van der Waals surface area contributed by atoms with Gasteiger partial charge in [-0.2, -0.15) is 0 Å². The van der Waals surface area contributed by atoms with E-state index < -0.39 is 0 Å². The first-order valence-corrected chi connectivity index (χ1v) is 4.70. The maximum absolute atomic E-state index is 8.89. The third-order valence-corrected chi connectivity index (χ3v) is 1.71. The summed E-state index contributed by atoms with van der Waals surface area (Å²) in [6, 6.07) is 3.75. The molecule has 0 aliphatic carbocycles. The molecule has 0 radical (unpaired) electrons. The van der Waals surface area contributed by atoms with Gasteiger partial charge in [0.25, 0.3) is 0 Å². The van der Waals surface area contributed by atoms with E-state index in [1.807, 2.05) is 32.9 Å². The van der Waals surface area contributed by atoms with Crippen molar-refractivity contribution in [2.24, 2.45) is 0 Å². The van der Waals surface area contributed by atoms with Crippen LogP contribution in [-0.4, -0.2) is 15.7 Å². The summed E-state index contributed by atoms with van der Waals surface area (Å²) in [4.78, 5) is 4.00. The number of aromatic nitrogens is 1. The molecule has 1 rings (SSSR count). The predicted molar refractivity (Wildman–Crippen MR) is 54.7 cm³/mol. The number of aliphatic hydroxyl groups excluding tert-OH is 1. The van der Waals surface area contributed by atoms with Gasteiger partial charge in [0.2, 0.25) is 0 Å². The second-order valence-electron chi connectivity index (χ2n) is 4.21. The summed E-state index contributed by atoms with van der Waals surface area (Å²) < 4.78 is 5.61. The van der Waals surface area contributed by atoms with Gasteiger partial charge in [-0.25, -0.2) is 0 Å². The molecule has 0 bridgehead atoms. The first-order chi connectivity index (χ1) is 6.51. The lowest BCUT2D eigenvalue weighted by Crippen LogP contribution is -2.18. The zero-order valence-electron chi connectivity index (χ0n) is 8.95. The number of rotatable bonds is 3. The van der Waals surface area contributed by atoms with E-state index in [9.17, 15) is 0 Å². The van der Waals surface area contributed by atoms with Gasteiger partial charge in [-0.15, -0.1) is 0 Å². The van der Waals surface area contributed by atoms with Gasteiger partial charge in [0.1, 0.15) is 0 Å². The van der Waals surface area contributed by atoms with Crippen LogP contribution in [0.4, 0.5) is 0 Å². The van der Waals surface area contributed by atoms with Crippen molar-refractivity contribution in [3.05, 3.63) is 29.6 Å². The molecule has 0 aliphatic heterocycles. The minimum Gasteiger partial charge on any atom is -0.390 e. The van der Waals surface area contributed by atoms with E-state index in [0.29, 0.717) is 12.3 Å². The summed E-state index contributed by atoms with van der Waals surface area (Å²) >= 11 is 0. The van der Waals surface area contributed by atoms with Crippen LogP contribution in [0.15, 0.2) is 18.3 Å². The molecule has 0 unspecified atom stereocenters. The van der Waals surface area contributed by atoms with Crippen LogP contribution in [-0.2, 0) is 18.0 Å². The Morgan fingerprint density at radius 2 is 2.14 bits per heavy atom. The molecule has 0 saturated heterocycles. The topological polar surface area (TPSA) is 42.4 Å². The van der Waals surface area contributed by atoms with Crippen molar-refractivity contribution in [3.8, 4) is 0 Å². The number of nitrogens with zero attached hydrogens (tertiary/aromatic N) is 1. The van der Waals surface area contributed by atoms with Gasteiger partial charge >= 0.3 is 0 Å². The molecular formula is C11H17NO2. The Balaban J connectivity index is 2.59. The Hall–Kier alpha value is -0.930.